The third-order valence-electron chi connectivity index (χ3n) is 3.58. The fourth-order valence-electron chi connectivity index (χ4n) is 2.13. The molecule has 0 amide bonds. The van der Waals surface area contributed by atoms with Gasteiger partial charge in [0.1, 0.15) is 11.0 Å². The minimum absolute atomic E-state index is 0.0147. The lowest BCUT2D eigenvalue weighted by molar-refractivity contribution is -0.139. The summed E-state index contributed by atoms with van der Waals surface area (Å²) in [5.41, 5.74) is 1.48. The molecule has 2 rings (SSSR count). The Hall–Kier alpha value is -3.31. The molecule has 0 aliphatic carbocycles. The van der Waals surface area contributed by atoms with Crippen molar-refractivity contribution >= 4 is 22.2 Å². The normalized spacial score (nSPS) is 12.2. The summed E-state index contributed by atoms with van der Waals surface area (Å²) in [6.07, 6.45) is 1.76. The van der Waals surface area contributed by atoms with Crippen LogP contribution in [0.25, 0.3) is 6.08 Å². The third-order valence-corrected chi connectivity index (χ3v) is 4.83. The van der Waals surface area contributed by atoms with Crippen LogP contribution in [0.2, 0.25) is 0 Å². The highest BCUT2D eigenvalue weighted by atomic mass is 32.2. The molecular formula is C20H19NO6S. The molecule has 146 valence electrons. The minimum atomic E-state index is -4.02. The van der Waals surface area contributed by atoms with Crippen LogP contribution in [0.4, 0.5) is 0 Å². The summed E-state index contributed by atoms with van der Waals surface area (Å²) in [4.78, 5) is 11.6. The second kappa shape index (κ2) is 9.06. The Kier molecular flexibility index (Phi) is 6.79. The number of hydrogen-bond acceptors (Lipinski definition) is 7. The first-order chi connectivity index (χ1) is 13.2. The largest absolute Gasteiger partial charge is 0.493 e. The van der Waals surface area contributed by atoms with E-state index in [-0.39, 0.29) is 16.4 Å². The molecule has 1 atom stereocenters. The van der Waals surface area contributed by atoms with Crippen LogP contribution in [-0.2, 0) is 19.6 Å². The van der Waals surface area contributed by atoms with Crippen LogP contribution in [0.1, 0.15) is 18.1 Å². The molecule has 0 N–H and O–H groups in total. The molecule has 0 fully saturated rings. The van der Waals surface area contributed by atoms with Crippen molar-refractivity contribution in [2.24, 2.45) is 0 Å². The fraction of sp³-hybridized carbons (Fsp3) is 0.200. The average molecular weight is 401 g/mol. The number of carbonyl (C=O) groups is 1. The van der Waals surface area contributed by atoms with Gasteiger partial charge in [-0.1, -0.05) is 23.8 Å². The summed E-state index contributed by atoms with van der Waals surface area (Å²) in [5.74, 6) is -0.479. The Morgan fingerprint density at radius 1 is 1.14 bits per heavy atom. The number of aryl methyl sites for hydroxylation is 1. The van der Waals surface area contributed by atoms with E-state index in [9.17, 15) is 13.2 Å². The first-order valence-electron chi connectivity index (χ1n) is 8.22. The molecule has 0 heterocycles. The molecule has 0 aliphatic rings. The van der Waals surface area contributed by atoms with E-state index in [1.807, 2.05) is 6.92 Å². The van der Waals surface area contributed by atoms with E-state index in [0.717, 1.165) is 11.6 Å². The highest BCUT2D eigenvalue weighted by molar-refractivity contribution is 7.87. The number of benzene rings is 2. The SMILES string of the molecule is COc1cc(/C=C/C(=O)O[C@@H](C)C#N)ccc1OS(=O)(=O)c1ccc(C)cc1. The number of rotatable bonds is 7. The highest BCUT2D eigenvalue weighted by Crippen LogP contribution is 2.31. The second-order valence-electron chi connectivity index (χ2n) is 5.80. The van der Waals surface area contributed by atoms with Crippen LogP contribution in [0, 0.1) is 18.3 Å². The number of nitrogens with zero attached hydrogens (tertiary/aromatic N) is 1. The van der Waals surface area contributed by atoms with Crippen LogP contribution in [0.3, 0.4) is 0 Å². The first-order valence-corrected chi connectivity index (χ1v) is 9.63. The lowest BCUT2D eigenvalue weighted by Crippen LogP contribution is -2.10. The number of methoxy groups -OCH3 is 1. The Bertz CT molecular complexity index is 1020. The van der Waals surface area contributed by atoms with Crippen molar-refractivity contribution in [3.63, 3.8) is 0 Å². The average Bonchev–Trinajstić information content (AvgIpc) is 2.67. The van der Waals surface area contributed by atoms with Gasteiger partial charge in [0.15, 0.2) is 17.6 Å². The van der Waals surface area contributed by atoms with Crippen molar-refractivity contribution in [3.05, 3.63) is 59.7 Å². The summed E-state index contributed by atoms with van der Waals surface area (Å²) in [5, 5.41) is 8.63. The number of carbonyl (C=O) groups excluding carboxylic acids is 1. The van der Waals surface area contributed by atoms with Gasteiger partial charge in [-0.2, -0.15) is 13.7 Å². The van der Waals surface area contributed by atoms with Crippen molar-refractivity contribution in [3.8, 4) is 17.6 Å². The second-order valence-corrected chi connectivity index (χ2v) is 7.35. The molecule has 2 aromatic rings. The molecule has 0 bridgehead atoms. The molecular weight excluding hydrogens is 382 g/mol. The van der Waals surface area contributed by atoms with Gasteiger partial charge in [-0.3, -0.25) is 0 Å². The fourth-order valence-corrected chi connectivity index (χ4v) is 3.07. The van der Waals surface area contributed by atoms with Crippen molar-refractivity contribution in [1.29, 1.82) is 5.26 Å². The first kappa shape index (κ1) is 21.0. The van der Waals surface area contributed by atoms with Crippen molar-refractivity contribution in [2.45, 2.75) is 24.8 Å². The van der Waals surface area contributed by atoms with E-state index in [1.54, 1.807) is 24.3 Å². The van der Waals surface area contributed by atoms with Crippen LogP contribution in [-0.4, -0.2) is 27.6 Å². The Morgan fingerprint density at radius 2 is 1.82 bits per heavy atom. The predicted molar refractivity (Wildman–Crippen MR) is 102 cm³/mol. The topological polar surface area (TPSA) is 103 Å². The molecule has 28 heavy (non-hydrogen) atoms. The van der Waals surface area contributed by atoms with Crippen LogP contribution in [0.15, 0.2) is 53.4 Å². The Balaban J connectivity index is 2.20. The molecule has 7 nitrogen and oxygen atoms in total. The maximum atomic E-state index is 12.4. The third kappa shape index (κ3) is 5.59. The van der Waals surface area contributed by atoms with E-state index in [2.05, 4.69) is 0 Å². The predicted octanol–water partition coefficient (Wildman–Crippen LogP) is 3.24. The van der Waals surface area contributed by atoms with Crippen LogP contribution < -0.4 is 8.92 Å². The number of ether oxygens (including phenoxy) is 2. The van der Waals surface area contributed by atoms with E-state index in [4.69, 9.17) is 18.9 Å². The van der Waals surface area contributed by atoms with Gasteiger partial charge in [0.05, 0.1) is 7.11 Å². The van der Waals surface area contributed by atoms with Gasteiger partial charge in [0.2, 0.25) is 0 Å². The van der Waals surface area contributed by atoms with Crippen molar-refractivity contribution in [1.82, 2.24) is 0 Å². The maximum Gasteiger partial charge on any atom is 0.339 e. The molecule has 0 aliphatic heterocycles. The Labute approximate surface area is 163 Å². The lowest BCUT2D eigenvalue weighted by Gasteiger charge is -2.11. The van der Waals surface area contributed by atoms with Gasteiger partial charge in [0, 0.05) is 6.08 Å². The van der Waals surface area contributed by atoms with Crippen LogP contribution in [0.5, 0.6) is 11.5 Å². The molecule has 0 aromatic heterocycles. The summed E-state index contributed by atoms with van der Waals surface area (Å²) in [7, 11) is -2.65. The zero-order chi connectivity index (χ0) is 20.7. The monoisotopic (exact) mass is 401 g/mol. The van der Waals surface area contributed by atoms with Gasteiger partial charge in [-0.25, -0.2) is 4.79 Å². The summed E-state index contributed by atoms with van der Waals surface area (Å²) < 4.78 is 40.1. The van der Waals surface area contributed by atoms with Crippen molar-refractivity contribution in [2.75, 3.05) is 7.11 Å². The smallest absolute Gasteiger partial charge is 0.339 e. The molecule has 0 spiro atoms. The molecule has 0 saturated carbocycles. The van der Waals surface area contributed by atoms with Gasteiger partial charge >= 0.3 is 16.1 Å². The van der Waals surface area contributed by atoms with E-state index in [1.165, 1.54) is 44.4 Å². The van der Waals surface area contributed by atoms with E-state index >= 15 is 0 Å². The van der Waals surface area contributed by atoms with Gasteiger partial charge in [-0.05, 0) is 49.8 Å². The van der Waals surface area contributed by atoms with E-state index in [0.29, 0.717) is 5.56 Å². The molecule has 0 radical (unpaired) electrons. The highest BCUT2D eigenvalue weighted by Gasteiger charge is 2.19. The van der Waals surface area contributed by atoms with E-state index < -0.39 is 22.2 Å². The molecule has 8 heteroatoms. The standard InChI is InChI=1S/C20H19NO6S/c1-14-4-8-17(9-5-14)28(23,24)27-18-10-6-16(12-19(18)25-3)7-11-20(22)26-15(2)13-21/h4-12,15H,1-3H3/b11-7+/t15-/m0/s1. The zero-order valence-electron chi connectivity index (χ0n) is 15.6. The zero-order valence-corrected chi connectivity index (χ0v) is 16.4. The van der Waals surface area contributed by atoms with Gasteiger partial charge in [0.25, 0.3) is 0 Å². The summed E-state index contributed by atoms with van der Waals surface area (Å²) >= 11 is 0. The van der Waals surface area contributed by atoms with Gasteiger partial charge < -0.3 is 13.7 Å². The van der Waals surface area contributed by atoms with Crippen LogP contribution >= 0.6 is 0 Å². The molecule has 0 unspecified atom stereocenters. The number of nitriles is 1. The molecule has 2 aromatic carbocycles. The van der Waals surface area contributed by atoms with Gasteiger partial charge in [-0.15, -0.1) is 0 Å². The Morgan fingerprint density at radius 3 is 2.43 bits per heavy atom. The molecule has 0 saturated heterocycles. The number of hydrogen-bond donors (Lipinski definition) is 0. The minimum Gasteiger partial charge on any atom is -0.493 e. The van der Waals surface area contributed by atoms with Crippen molar-refractivity contribution < 1.29 is 26.9 Å². The lowest BCUT2D eigenvalue weighted by atomic mass is 10.2. The quantitative estimate of drug-likeness (QED) is 0.399. The summed E-state index contributed by atoms with van der Waals surface area (Å²) in [6, 6.07) is 12.5. The maximum absolute atomic E-state index is 12.4. The summed E-state index contributed by atoms with van der Waals surface area (Å²) in [6.45, 7) is 3.30. The number of esters is 1.